The van der Waals surface area contributed by atoms with Crippen LogP contribution in [-0.2, 0) is 16.3 Å². The Morgan fingerprint density at radius 2 is 1.94 bits per heavy atom. The van der Waals surface area contributed by atoms with Crippen LogP contribution in [0.5, 0.6) is 5.75 Å². The van der Waals surface area contributed by atoms with E-state index in [0.717, 1.165) is 6.26 Å². The van der Waals surface area contributed by atoms with Gasteiger partial charge in [0.2, 0.25) is 0 Å². The van der Waals surface area contributed by atoms with Crippen molar-refractivity contribution >= 4 is 20.9 Å². The number of benzene rings is 2. The van der Waals surface area contributed by atoms with Gasteiger partial charge in [0.1, 0.15) is 17.4 Å². The topological polar surface area (TPSA) is 74.1 Å². The predicted octanol–water partition coefficient (Wildman–Crippen LogP) is 4.78. The molecule has 6 nitrogen and oxygen atoms in total. The van der Waals surface area contributed by atoms with Crippen LogP contribution in [0.25, 0.3) is 22.2 Å². The Balaban J connectivity index is 1.66. The van der Waals surface area contributed by atoms with Gasteiger partial charge in [0, 0.05) is 36.1 Å². The number of rotatable bonds is 5. The number of sulfone groups is 1. The number of hydrogen-bond acceptors (Lipinski definition) is 5. The summed E-state index contributed by atoms with van der Waals surface area (Å²) in [6.07, 6.45) is 3.57. The molecule has 0 N–H and O–H groups in total. The van der Waals surface area contributed by atoms with E-state index in [4.69, 9.17) is 4.74 Å². The molecule has 0 amide bonds. The van der Waals surface area contributed by atoms with Gasteiger partial charge in [-0.3, -0.25) is 0 Å². The van der Waals surface area contributed by atoms with Gasteiger partial charge in [-0.2, -0.15) is 8.78 Å². The van der Waals surface area contributed by atoms with Crippen molar-refractivity contribution in [2.45, 2.75) is 30.5 Å². The van der Waals surface area contributed by atoms with Gasteiger partial charge in [0.05, 0.1) is 17.1 Å². The number of ether oxygens (including phenoxy) is 1. The van der Waals surface area contributed by atoms with E-state index in [1.165, 1.54) is 30.5 Å². The maximum atomic E-state index is 15.0. The molecule has 2 aromatic carbocycles. The first kappa shape index (κ1) is 21.4. The minimum Gasteiger partial charge on any atom is -0.434 e. The highest BCUT2D eigenvalue weighted by Gasteiger charge is 2.30. The van der Waals surface area contributed by atoms with Crippen LogP contribution in [0.2, 0.25) is 0 Å². The Morgan fingerprint density at radius 1 is 1.15 bits per heavy atom. The molecule has 170 valence electrons. The standard InChI is InChI=1S/C23H18F3N3O3S/c1-33(30,31)22-10-13(8-9-27-22)15-11-19-17(12-16(15)24)28-21-7-6-18(29(19)21)14-4-2-3-5-20(14)32-23(25)26/h2-5,8-12,18,23H,6-7H2,1H3. The molecule has 4 aromatic rings. The average molecular weight is 473 g/mol. The average Bonchev–Trinajstić information content (AvgIpc) is 3.31. The number of pyridine rings is 1. The number of imidazole rings is 1. The molecule has 0 radical (unpaired) electrons. The summed E-state index contributed by atoms with van der Waals surface area (Å²) in [6, 6.07) is 12.0. The van der Waals surface area contributed by atoms with Gasteiger partial charge in [0.25, 0.3) is 0 Å². The molecule has 1 atom stereocenters. The molecule has 0 saturated heterocycles. The number of fused-ring (bicyclic) bond motifs is 3. The Morgan fingerprint density at radius 3 is 2.70 bits per heavy atom. The highest BCUT2D eigenvalue weighted by Crippen LogP contribution is 2.41. The maximum Gasteiger partial charge on any atom is 0.387 e. The summed E-state index contributed by atoms with van der Waals surface area (Å²) in [5.41, 5.74) is 2.19. The van der Waals surface area contributed by atoms with Gasteiger partial charge in [-0.05, 0) is 36.2 Å². The molecule has 1 aliphatic rings. The van der Waals surface area contributed by atoms with Crippen LogP contribution in [-0.4, -0.2) is 35.8 Å². The monoisotopic (exact) mass is 473 g/mol. The van der Waals surface area contributed by atoms with Crippen LogP contribution in [0.3, 0.4) is 0 Å². The van der Waals surface area contributed by atoms with Crippen LogP contribution in [0.15, 0.2) is 59.8 Å². The molecule has 0 saturated carbocycles. The van der Waals surface area contributed by atoms with E-state index in [0.29, 0.717) is 40.8 Å². The lowest BCUT2D eigenvalue weighted by atomic mass is 10.0. The van der Waals surface area contributed by atoms with Gasteiger partial charge in [0.15, 0.2) is 14.9 Å². The second-order valence-corrected chi connectivity index (χ2v) is 9.81. The molecule has 1 unspecified atom stereocenters. The zero-order valence-corrected chi connectivity index (χ0v) is 18.2. The van der Waals surface area contributed by atoms with E-state index in [1.807, 2.05) is 4.57 Å². The first-order chi connectivity index (χ1) is 15.7. The number of aromatic nitrogens is 3. The lowest BCUT2D eigenvalue weighted by Gasteiger charge is -2.19. The van der Waals surface area contributed by atoms with Crippen molar-refractivity contribution < 1.29 is 26.3 Å². The zero-order valence-electron chi connectivity index (χ0n) is 17.4. The molecule has 0 bridgehead atoms. The van der Waals surface area contributed by atoms with E-state index >= 15 is 4.39 Å². The van der Waals surface area contributed by atoms with Crippen LogP contribution >= 0.6 is 0 Å². The second kappa shape index (κ2) is 7.87. The Hall–Kier alpha value is -3.40. The number of aryl methyl sites for hydroxylation is 1. The van der Waals surface area contributed by atoms with Gasteiger partial charge in [-0.25, -0.2) is 22.8 Å². The first-order valence-corrected chi connectivity index (χ1v) is 12.0. The molecule has 5 rings (SSSR count). The minimum atomic E-state index is -3.57. The van der Waals surface area contributed by atoms with Crippen molar-refractivity contribution in [1.82, 2.24) is 14.5 Å². The molecule has 2 aromatic heterocycles. The predicted molar refractivity (Wildman–Crippen MR) is 116 cm³/mol. The molecule has 33 heavy (non-hydrogen) atoms. The Kier molecular flexibility index (Phi) is 5.12. The van der Waals surface area contributed by atoms with Crippen LogP contribution in [0, 0.1) is 5.82 Å². The first-order valence-electron chi connectivity index (χ1n) is 10.1. The summed E-state index contributed by atoms with van der Waals surface area (Å²) in [5, 5.41) is -0.158. The van der Waals surface area contributed by atoms with Crippen LogP contribution < -0.4 is 4.74 Å². The maximum absolute atomic E-state index is 15.0. The number of alkyl halides is 2. The summed E-state index contributed by atoms with van der Waals surface area (Å²) in [7, 11) is -3.57. The van der Waals surface area contributed by atoms with Crippen LogP contribution in [0.4, 0.5) is 13.2 Å². The normalized spacial score (nSPS) is 15.8. The number of nitrogens with zero attached hydrogens (tertiary/aromatic N) is 3. The molecule has 0 fully saturated rings. The van der Waals surface area contributed by atoms with E-state index in [-0.39, 0.29) is 22.4 Å². The quantitative estimate of drug-likeness (QED) is 0.417. The van der Waals surface area contributed by atoms with E-state index in [1.54, 1.807) is 24.3 Å². The number of para-hydroxylation sites is 1. The summed E-state index contributed by atoms with van der Waals surface area (Å²) < 4.78 is 71.3. The largest absolute Gasteiger partial charge is 0.434 e. The van der Waals surface area contributed by atoms with Gasteiger partial charge < -0.3 is 9.30 Å². The second-order valence-electron chi connectivity index (χ2n) is 7.84. The lowest BCUT2D eigenvalue weighted by Crippen LogP contribution is -2.10. The summed E-state index contributed by atoms with van der Waals surface area (Å²) in [4.78, 5) is 8.40. The van der Waals surface area contributed by atoms with Crippen molar-refractivity contribution in [3.05, 3.63) is 71.9 Å². The molecule has 3 heterocycles. The molecular formula is C23H18F3N3O3S. The fourth-order valence-electron chi connectivity index (χ4n) is 4.34. The molecular weight excluding hydrogens is 455 g/mol. The number of halogens is 3. The number of hydrogen-bond donors (Lipinski definition) is 0. The highest BCUT2D eigenvalue weighted by atomic mass is 32.2. The molecule has 0 spiro atoms. The molecule has 1 aliphatic heterocycles. The van der Waals surface area contributed by atoms with Crippen molar-refractivity contribution in [3.8, 4) is 16.9 Å². The third-order valence-electron chi connectivity index (χ3n) is 5.72. The summed E-state index contributed by atoms with van der Waals surface area (Å²) in [5.74, 6) is 0.245. The fourth-order valence-corrected chi connectivity index (χ4v) is 4.93. The SMILES string of the molecule is CS(=O)(=O)c1cc(-c2cc3c(cc2F)nc2n3C(c3ccccc3OC(F)F)CC2)ccn1. The van der Waals surface area contributed by atoms with Crippen LogP contribution in [0.1, 0.15) is 23.9 Å². The van der Waals surface area contributed by atoms with Crippen molar-refractivity contribution in [3.63, 3.8) is 0 Å². The van der Waals surface area contributed by atoms with E-state index < -0.39 is 22.3 Å². The van der Waals surface area contributed by atoms with E-state index in [2.05, 4.69) is 9.97 Å². The molecule has 0 aliphatic carbocycles. The highest BCUT2D eigenvalue weighted by molar-refractivity contribution is 7.90. The Bertz CT molecular complexity index is 1490. The van der Waals surface area contributed by atoms with Crippen molar-refractivity contribution in [1.29, 1.82) is 0 Å². The summed E-state index contributed by atoms with van der Waals surface area (Å²) >= 11 is 0. The van der Waals surface area contributed by atoms with Gasteiger partial charge in [-0.1, -0.05) is 18.2 Å². The lowest BCUT2D eigenvalue weighted by molar-refractivity contribution is -0.0506. The third-order valence-corrected chi connectivity index (χ3v) is 6.71. The van der Waals surface area contributed by atoms with Crippen molar-refractivity contribution in [2.75, 3.05) is 6.26 Å². The Labute approximate surface area is 187 Å². The minimum absolute atomic E-state index is 0.0847. The smallest absolute Gasteiger partial charge is 0.387 e. The van der Waals surface area contributed by atoms with Crippen molar-refractivity contribution in [2.24, 2.45) is 0 Å². The van der Waals surface area contributed by atoms with E-state index in [9.17, 15) is 17.2 Å². The fraction of sp³-hybridized carbons (Fsp3) is 0.217. The van der Waals surface area contributed by atoms with Gasteiger partial charge >= 0.3 is 6.61 Å². The summed E-state index contributed by atoms with van der Waals surface area (Å²) in [6.45, 7) is -2.96. The molecule has 10 heteroatoms. The van der Waals surface area contributed by atoms with Gasteiger partial charge in [-0.15, -0.1) is 0 Å². The third kappa shape index (κ3) is 3.84. The zero-order chi connectivity index (χ0) is 23.3.